The van der Waals surface area contributed by atoms with Crippen LogP contribution in [0.4, 0.5) is 14.6 Å². The molecule has 11 heteroatoms. The van der Waals surface area contributed by atoms with Crippen molar-refractivity contribution < 1.29 is 76.3 Å². The van der Waals surface area contributed by atoms with E-state index >= 15 is 0 Å². The van der Waals surface area contributed by atoms with Gasteiger partial charge in [-0.05, 0) is 52.5 Å². The van der Waals surface area contributed by atoms with E-state index in [0.717, 1.165) is 37.0 Å². The van der Waals surface area contributed by atoms with Crippen LogP contribution in [-0.4, -0.2) is 49.5 Å². The van der Waals surface area contributed by atoms with Crippen LogP contribution < -0.4 is 56.7 Å². The molecule has 0 saturated carbocycles. The van der Waals surface area contributed by atoms with Crippen molar-refractivity contribution in [1.82, 2.24) is 14.9 Å². The number of carbonyl (C=O) groups excluding carboxylic acids is 1. The smallest absolute Gasteiger partial charge is 1.00 e. The number of nitrogens with one attached hydrogen (secondary N) is 1. The van der Waals surface area contributed by atoms with E-state index in [9.17, 15) is 23.5 Å². The first-order valence-electron chi connectivity index (χ1n) is 10.2. The van der Waals surface area contributed by atoms with Gasteiger partial charge in [-0.2, -0.15) is 0 Å². The van der Waals surface area contributed by atoms with Crippen LogP contribution in [0.15, 0.2) is 12.3 Å². The molecule has 2 saturated heterocycles. The number of thiazole rings is 1. The molecule has 1 amide bonds. The van der Waals surface area contributed by atoms with Crippen molar-refractivity contribution in [3.05, 3.63) is 28.5 Å². The van der Waals surface area contributed by atoms with E-state index in [1.54, 1.807) is 4.90 Å². The molecule has 0 unspecified atom stereocenters. The number of nitrogens with zero attached hydrogens (tertiary/aromatic N) is 3. The van der Waals surface area contributed by atoms with Gasteiger partial charge in [0.05, 0.1) is 4.88 Å². The summed E-state index contributed by atoms with van der Waals surface area (Å²) in [7, 11) is 0. The van der Waals surface area contributed by atoms with Crippen LogP contribution in [0.3, 0.4) is 0 Å². The van der Waals surface area contributed by atoms with E-state index in [-0.39, 0.29) is 109 Å². The maximum absolute atomic E-state index is 14.0. The van der Waals surface area contributed by atoms with Gasteiger partial charge in [-0.3, -0.25) is 4.79 Å². The van der Waals surface area contributed by atoms with Crippen molar-refractivity contribution in [1.29, 1.82) is 0 Å². The Balaban J connectivity index is 0.00000193. The number of pyridine rings is 1. The number of aromatic nitrogens is 2. The predicted octanol–water partition coefficient (Wildman–Crippen LogP) is 1.93. The Morgan fingerprint density at radius 1 is 1.25 bits per heavy atom. The van der Waals surface area contributed by atoms with Crippen molar-refractivity contribution >= 4 is 29.0 Å². The van der Waals surface area contributed by atoms with Gasteiger partial charge in [0.2, 0.25) is 5.01 Å². The molecule has 2 bridgehead atoms. The molecule has 2 aliphatic heterocycles. The third-order valence-corrected chi connectivity index (χ3v) is 6.70. The Labute approximate surface area is 232 Å². The summed E-state index contributed by atoms with van der Waals surface area (Å²) < 4.78 is 28.0. The van der Waals surface area contributed by atoms with Crippen LogP contribution >= 0.6 is 11.3 Å². The quantitative estimate of drug-likeness (QED) is 0.622. The first-order valence-corrected chi connectivity index (χ1v) is 11.0. The van der Waals surface area contributed by atoms with Crippen LogP contribution in [0.5, 0.6) is 0 Å². The molecule has 2 aromatic rings. The molecule has 168 valence electrons. The summed E-state index contributed by atoms with van der Waals surface area (Å²) in [6, 6.07) is 1.46. The third kappa shape index (κ3) is 5.07. The number of alkyl halides is 2. The average molecular weight is 491 g/mol. The molecule has 32 heavy (non-hydrogen) atoms. The Morgan fingerprint density at radius 3 is 2.34 bits per heavy atom. The summed E-state index contributed by atoms with van der Waals surface area (Å²) in [6.07, 6.45) is 2.04. The number of carboxylic acid groups (broad SMARTS) is 1. The average Bonchev–Trinajstić information content (AvgIpc) is 3.40. The van der Waals surface area contributed by atoms with E-state index in [4.69, 9.17) is 0 Å². The molecular weight excluding hydrogens is 465 g/mol. The Hall–Kier alpha value is -0.984. The third-order valence-electron chi connectivity index (χ3n) is 5.62. The van der Waals surface area contributed by atoms with Gasteiger partial charge in [-0.1, -0.05) is 0 Å². The number of carbonyl (C=O) groups is 2. The number of carboxylic acids is 1. The maximum atomic E-state index is 14.0. The summed E-state index contributed by atoms with van der Waals surface area (Å²) in [4.78, 5) is 35.1. The normalized spacial score (nSPS) is 19.9. The van der Waals surface area contributed by atoms with Gasteiger partial charge in [-0.25, -0.2) is 23.5 Å². The standard InChI is InChI=1S/C21H24F2N4O3S.K.H/c1-21(2,3)26-14-8-12(17(22)23)13(9-24-14)16-15(25-18(31-16)20(29)30)19(28)27-10-4-5-11(27)7-6-10;;/h8-11,17H,4-7H2,1-3H3,(H,24,26)(H,29,30);;/q;+1;-1. The number of hydrogen-bond acceptors (Lipinski definition) is 6. The molecule has 0 aliphatic carbocycles. The minimum Gasteiger partial charge on any atom is -1.00 e. The van der Waals surface area contributed by atoms with Crippen LogP contribution in [0.25, 0.3) is 10.4 Å². The van der Waals surface area contributed by atoms with Gasteiger partial charge in [0.1, 0.15) is 11.5 Å². The second-order valence-corrected chi connectivity index (χ2v) is 10.0. The number of amides is 1. The van der Waals surface area contributed by atoms with Crippen LogP contribution in [-0.2, 0) is 0 Å². The minimum absolute atomic E-state index is 0. The fourth-order valence-corrected chi connectivity index (χ4v) is 5.33. The van der Waals surface area contributed by atoms with Gasteiger partial charge < -0.3 is 16.7 Å². The minimum atomic E-state index is -2.83. The molecule has 2 aromatic heterocycles. The van der Waals surface area contributed by atoms with Gasteiger partial charge in [0, 0.05) is 34.9 Å². The number of halogens is 2. The van der Waals surface area contributed by atoms with Gasteiger partial charge >= 0.3 is 57.4 Å². The van der Waals surface area contributed by atoms with Crippen LogP contribution in [0, 0.1) is 0 Å². The molecule has 0 radical (unpaired) electrons. The molecule has 4 heterocycles. The molecule has 4 rings (SSSR count). The van der Waals surface area contributed by atoms with Crippen molar-refractivity contribution in [2.45, 2.75) is 70.5 Å². The number of rotatable bonds is 5. The van der Waals surface area contributed by atoms with Crippen molar-refractivity contribution in [3.8, 4) is 10.4 Å². The number of hydrogen-bond donors (Lipinski definition) is 2. The summed E-state index contributed by atoms with van der Waals surface area (Å²) in [6.45, 7) is 5.65. The fraction of sp³-hybridized carbons (Fsp3) is 0.524. The zero-order valence-electron chi connectivity index (χ0n) is 19.5. The van der Waals surface area contributed by atoms with Crippen molar-refractivity contribution in [2.24, 2.45) is 0 Å². The second kappa shape index (κ2) is 9.71. The SMILES string of the molecule is CC(C)(C)Nc1cc(C(F)F)c(-c2sc(C(=O)O)nc2C(=O)N2C3CCC2CC3)cn1.[H-].[K+]. The summed E-state index contributed by atoms with van der Waals surface area (Å²) in [5.41, 5.74) is -0.748. The van der Waals surface area contributed by atoms with Crippen molar-refractivity contribution in [3.63, 3.8) is 0 Å². The number of anilines is 1. The Kier molecular flexibility index (Phi) is 7.78. The molecule has 0 aromatic carbocycles. The van der Waals surface area contributed by atoms with E-state index in [0.29, 0.717) is 0 Å². The first-order chi connectivity index (χ1) is 14.5. The molecule has 7 nitrogen and oxygen atoms in total. The largest absolute Gasteiger partial charge is 1.00 e. The zero-order valence-corrected chi connectivity index (χ0v) is 22.4. The molecular formula is C21H25F2KN4O3S. The van der Waals surface area contributed by atoms with Crippen molar-refractivity contribution in [2.75, 3.05) is 5.32 Å². The van der Waals surface area contributed by atoms with E-state index in [2.05, 4.69) is 15.3 Å². The monoisotopic (exact) mass is 490 g/mol. The molecule has 2 fully saturated rings. The Bertz CT molecular complexity index is 1030. The first kappa shape index (κ1) is 25.6. The fourth-order valence-electron chi connectivity index (χ4n) is 4.40. The van der Waals surface area contributed by atoms with Crippen LogP contribution in [0.2, 0.25) is 0 Å². The second-order valence-electron chi connectivity index (χ2n) is 9.01. The van der Waals surface area contributed by atoms with Gasteiger partial charge in [-0.15, -0.1) is 11.3 Å². The molecule has 0 spiro atoms. The molecule has 2 N–H and O–H groups in total. The predicted molar refractivity (Wildman–Crippen MR) is 114 cm³/mol. The van der Waals surface area contributed by atoms with E-state index < -0.39 is 12.4 Å². The number of fused-ring (bicyclic) bond motifs is 2. The van der Waals surface area contributed by atoms with Gasteiger partial charge in [0.15, 0.2) is 0 Å². The van der Waals surface area contributed by atoms with E-state index in [1.165, 1.54) is 12.3 Å². The summed E-state index contributed by atoms with van der Waals surface area (Å²) in [5.74, 6) is -1.41. The maximum Gasteiger partial charge on any atom is 1.00 e. The number of aromatic carboxylic acids is 1. The van der Waals surface area contributed by atoms with Gasteiger partial charge in [0.25, 0.3) is 12.3 Å². The zero-order chi connectivity index (χ0) is 22.5. The summed E-state index contributed by atoms with van der Waals surface area (Å²) in [5, 5.41) is 12.2. The Morgan fingerprint density at radius 2 is 1.84 bits per heavy atom. The molecule has 2 aliphatic rings. The molecule has 0 atom stereocenters. The van der Waals surface area contributed by atoms with E-state index in [1.807, 2.05) is 20.8 Å². The summed E-state index contributed by atoms with van der Waals surface area (Å²) >= 11 is 0.729. The van der Waals surface area contributed by atoms with Crippen LogP contribution in [0.1, 0.15) is 80.2 Å². The topological polar surface area (TPSA) is 95.4 Å².